The summed E-state index contributed by atoms with van der Waals surface area (Å²) in [5.74, 6) is -1.20. The van der Waals surface area contributed by atoms with Crippen molar-refractivity contribution in [2.75, 3.05) is 33.3 Å². The predicted octanol–water partition coefficient (Wildman–Crippen LogP) is 3.52. The quantitative estimate of drug-likeness (QED) is 0.408. The fourth-order valence-corrected chi connectivity index (χ4v) is 3.73. The number of nitrogens with zero attached hydrogens (tertiary/aromatic N) is 3. The van der Waals surface area contributed by atoms with Gasteiger partial charge in [-0.25, -0.2) is 18.6 Å². The Balaban J connectivity index is 1.45. The fraction of sp³-hybridized carbons (Fsp3) is 0.240. The first-order chi connectivity index (χ1) is 16.4. The van der Waals surface area contributed by atoms with E-state index in [0.717, 1.165) is 0 Å². The van der Waals surface area contributed by atoms with Crippen molar-refractivity contribution in [3.63, 3.8) is 0 Å². The van der Waals surface area contributed by atoms with Gasteiger partial charge in [0.15, 0.2) is 5.69 Å². The summed E-state index contributed by atoms with van der Waals surface area (Å²) < 4.78 is 37.2. The van der Waals surface area contributed by atoms with E-state index in [1.165, 1.54) is 43.7 Å². The molecule has 1 aliphatic rings. The number of halogens is 2. The molecule has 3 aromatic rings. The molecule has 0 N–H and O–H groups in total. The second-order valence-electron chi connectivity index (χ2n) is 7.79. The van der Waals surface area contributed by atoms with Crippen molar-refractivity contribution in [3.05, 3.63) is 95.2 Å². The van der Waals surface area contributed by atoms with Crippen molar-refractivity contribution in [2.24, 2.45) is 0 Å². The number of hydrogen-bond donors (Lipinski definition) is 0. The largest absolute Gasteiger partial charge is 0.464 e. The molecule has 1 amide bonds. The van der Waals surface area contributed by atoms with E-state index in [2.05, 4.69) is 14.6 Å². The number of amides is 1. The third-order valence-corrected chi connectivity index (χ3v) is 5.55. The number of methoxy groups -OCH3 is 1. The molecule has 1 saturated heterocycles. The van der Waals surface area contributed by atoms with Gasteiger partial charge in [-0.1, -0.05) is 24.3 Å². The Hall–Kier alpha value is -3.85. The van der Waals surface area contributed by atoms with E-state index in [0.29, 0.717) is 55.3 Å². The summed E-state index contributed by atoms with van der Waals surface area (Å²) in [6, 6.07) is 11.7. The topological polar surface area (TPSA) is 75.9 Å². The van der Waals surface area contributed by atoms with E-state index in [1.54, 1.807) is 29.2 Å². The molecule has 0 unspecified atom stereocenters. The molecule has 2 heterocycles. The molecule has 176 valence electrons. The van der Waals surface area contributed by atoms with Gasteiger partial charge in [-0.3, -0.25) is 9.69 Å². The Morgan fingerprint density at radius 2 is 1.76 bits per heavy atom. The molecule has 0 saturated carbocycles. The van der Waals surface area contributed by atoms with Crippen LogP contribution in [0.2, 0.25) is 0 Å². The molecule has 1 aromatic heterocycles. The second-order valence-corrected chi connectivity index (χ2v) is 7.79. The van der Waals surface area contributed by atoms with Crippen molar-refractivity contribution in [3.8, 4) is 0 Å². The first kappa shape index (κ1) is 23.3. The van der Waals surface area contributed by atoms with Crippen molar-refractivity contribution in [2.45, 2.75) is 6.54 Å². The van der Waals surface area contributed by atoms with Gasteiger partial charge in [-0.2, -0.15) is 0 Å². The number of oxazole rings is 1. The molecule has 2 aromatic carbocycles. The summed E-state index contributed by atoms with van der Waals surface area (Å²) in [5.41, 5.74) is 1.78. The highest BCUT2D eigenvalue weighted by atomic mass is 19.1. The molecule has 1 aliphatic heterocycles. The normalized spacial score (nSPS) is 14.8. The van der Waals surface area contributed by atoms with Crippen molar-refractivity contribution < 1.29 is 27.5 Å². The van der Waals surface area contributed by atoms with Crippen LogP contribution in [0, 0.1) is 11.6 Å². The molecular formula is C25H23F2N3O4. The molecule has 34 heavy (non-hydrogen) atoms. The summed E-state index contributed by atoms with van der Waals surface area (Å²) in [7, 11) is 1.27. The summed E-state index contributed by atoms with van der Waals surface area (Å²) in [4.78, 5) is 32.5. The molecule has 9 heteroatoms. The average molecular weight is 467 g/mol. The maximum atomic E-state index is 13.9. The van der Waals surface area contributed by atoms with Crippen LogP contribution in [0.5, 0.6) is 0 Å². The van der Waals surface area contributed by atoms with Crippen LogP contribution in [-0.2, 0) is 16.1 Å². The van der Waals surface area contributed by atoms with Gasteiger partial charge >= 0.3 is 5.97 Å². The third-order valence-electron chi connectivity index (χ3n) is 5.55. The summed E-state index contributed by atoms with van der Waals surface area (Å²) >= 11 is 0. The molecule has 0 aliphatic carbocycles. The zero-order chi connectivity index (χ0) is 24.1. The maximum absolute atomic E-state index is 13.9. The van der Waals surface area contributed by atoms with Crippen LogP contribution in [0.4, 0.5) is 8.78 Å². The van der Waals surface area contributed by atoms with Gasteiger partial charge in [0, 0.05) is 32.3 Å². The third kappa shape index (κ3) is 5.55. The molecule has 0 atom stereocenters. The Morgan fingerprint density at radius 1 is 1.03 bits per heavy atom. The maximum Gasteiger partial charge on any atom is 0.360 e. The van der Waals surface area contributed by atoms with E-state index >= 15 is 0 Å². The van der Waals surface area contributed by atoms with Crippen LogP contribution in [0.15, 0.2) is 65.3 Å². The van der Waals surface area contributed by atoms with Crippen molar-refractivity contribution >= 4 is 17.4 Å². The van der Waals surface area contributed by atoms with Gasteiger partial charge in [0.05, 0.1) is 13.7 Å². The molecule has 7 nitrogen and oxygen atoms in total. The number of carbonyl (C=O) groups is 2. The van der Waals surface area contributed by atoms with Crippen LogP contribution < -0.4 is 0 Å². The van der Waals surface area contributed by atoms with E-state index in [-0.39, 0.29) is 11.6 Å². The van der Waals surface area contributed by atoms with Gasteiger partial charge in [-0.05, 0) is 41.0 Å². The summed E-state index contributed by atoms with van der Waals surface area (Å²) in [5, 5.41) is 0. The number of carbonyl (C=O) groups excluding carboxylic acids is 2. The SMILES string of the molecule is COC(=O)c1coc(CN2CCN(C(=O)/C=C(/c3ccc(F)cc3)c3cccc(F)c3)CC2)n1. The predicted molar refractivity (Wildman–Crippen MR) is 120 cm³/mol. The molecule has 0 bridgehead atoms. The number of aromatic nitrogens is 1. The Labute approximate surface area is 195 Å². The second kappa shape index (κ2) is 10.4. The number of rotatable bonds is 6. The minimum absolute atomic E-state index is 0.113. The lowest BCUT2D eigenvalue weighted by Gasteiger charge is -2.33. The smallest absolute Gasteiger partial charge is 0.360 e. The van der Waals surface area contributed by atoms with E-state index in [4.69, 9.17) is 4.42 Å². The minimum atomic E-state index is -0.563. The van der Waals surface area contributed by atoms with Crippen LogP contribution in [0.3, 0.4) is 0 Å². The lowest BCUT2D eigenvalue weighted by molar-refractivity contribution is -0.127. The van der Waals surface area contributed by atoms with Gasteiger partial charge in [0.25, 0.3) is 0 Å². The minimum Gasteiger partial charge on any atom is -0.464 e. The van der Waals surface area contributed by atoms with Gasteiger partial charge < -0.3 is 14.1 Å². The first-order valence-electron chi connectivity index (χ1n) is 10.7. The zero-order valence-corrected chi connectivity index (χ0v) is 18.5. The molecule has 0 radical (unpaired) electrons. The number of piperazine rings is 1. The van der Waals surface area contributed by atoms with Crippen LogP contribution in [-0.4, -0.2) is 59.9 Å². The van der Waals surface area contributed by atoms with E-state index in [9.17, 15) is 18.4 Å². The van der Waals surface area contributed by atoms with Gasteiger partial charge in [-0.15, -0.1) is 0 Å². The summed E-state index contributed by atoms with van der Waals surface area (Å²) in [6.07, 6.45) is 2.73. The molecule has 1 fully saturated rings. The average Bonchev–Trinajstić information content (AvgIpc) is 3.31. The number of esters is 1. The van der Waals surface area contributed by atoms with Gasteiger partial charge in [0.2, 0.25) is 11.8 Å². The Bertz CT molecular complexity index is 1200. The molecule has 0 spiro atoms. The lowest BCUT2D eigenvalue weighted by atomic mass is 9.97. The highest BCUT2D eigenvalue weighted by Crippen LogP contribution is 2.25. The summed E-state index contributed by atoms with van der Waals surface area (Å²) in [6.45, 7) is 2.52. The number of benzene rings is 2. The standard InChI is InChI=1S/C25H23F2N3O4/c1-33-25(32)22-16-34-23(28-22)15-29-9-11-30(12-10-29)24(31)14-21(17-5-7-19(26)8-6-17)18-3-2-4-20(27)13-18/h2-8,13-14,16H,9-12,15H2,1H3/b21-14-. The Morgan fingerprint density at radius 3 is 2.44 bits per heavy atom. The van der Waals surface area contributed by atoms with Crippen LogP contribution >= 0.6 is 0 Å². The highest BCUT2D eigenvalue weighted by Gasteiger charge is 2.23. The first-order valence-corrected chi connectivity index (χ1v) is 10.7. The molecular weight excluding hydrogens is 444 g/mol. The zero-order valence-electron chi connectivity index (χ0n) is 18.5. The van der Waals surface area contributed by atoms with E-state index in [1.807, 2.05) is 0 Å². The van der Waals surface area contributed by atoms with Crippen LogP contribution in [0.25, 0.3) is 5.57 Å². The van der Waals surface area contributed by atoms with Crippen LogP contribution in [0.1, 0.15) is 27.5 Å². The number of hydrogen-bond acceptors (Lipinski definition) is 6. The van der Waals surface area contributed by atoms with E-state index < -0.39 is 17.6 Å². The Kier molecular flexibility index (Phi) is 7.12. The lowest BCUT2D eigenvalue weighted by Crippen LogP contribution is -2.47. The van der Waals surface area contributed by atoms with Gasteiger partial charge in [0.1, 0.15) is 17.9 Å². The number of ether oxygens (including phenoxy) is 1. The monoisotopic (exact) mass is 467 g/mol. The van der Waals surface area contributed by atoms with Crippen molar-refractivity contribution in [1.82, 2.24) is 14.8 Å². The van der Waals surface area contributed by atoms with Crippen molar-refractivity contribution in [1.29, 1.82) is 0 Å². The molecule has 4 rings (SSSR count). The highest BCUT2D eigenvalue weighted by molar-refractivity contribution is 5.99. The fourth-order valence-electron chi connectivity index (χ4n) is 3.73.